The molecule has 1 saturated carbocycles. The van der Waals surface area contributed by atoms with Crippen molar-refractivity contribution in [2.45, 2.75) is 97.8 Å². The van der Waals surface area contributed by atoms with Crippen molar-refractivity contribution in [3.8, 4) is 0 Å². The highest BCUT2D eigenvalue weighted by Gasteiger charge is 2.32. The van der Waals surface area contributed by atoms with Crippen LogP contribution in [0.15, 0.2) is 0 Å². The number of hydrogen-bond donors (Lipinski definition) is 1. The van der Waals surface area contributed by atoms with E-state index < -0.39 is 0 Å². The van der Waals surface area contributed by atoms with Crippen molar-refractivity contribution in [2.24, 2.45) is 11.3 Å². The number of methoxy groups -OCH3 is 1. The van der Waals surface area contributed by atoms with E-state index in [0.717, 1.165) is 12.3 Å². The zero-order valence-corrected chi connectivity index (χ0v) is 14.9. The van der Waals surface area contributed by atoms with E-state index in [1.54, 1.807) is 0 Å². The molecule has 1 rings (SSSR count). The minimum Gasteiger partial charge on any atom is -0.379 e. The van der Waals surface area contributed by atoms with E-state index in [9.17, 15) is 0 Å². The Morgan fingerprint density at radius 1 is 1.10 bits per heavy atom. The van der Waals surface area contributed by atoms with Crippen molar-refractivity contribution in [1.82, 2.24) is 5.32 Å². The quantitative estimate of drug-likeness (QED) is 0.726. The Hall–Kier alpha value is -0.0800. The summed E-state index contributed by atoms with van der Waals surface area (Å²) >= 11 is 0. The molecule has 0 radical (unpaired) electrons. The molecule has 1 aliphatic rings. The number of ether oxygens (including phenoxy) is 1. The van der Waals surface area contributed by atoms with Gasteiger partial charge in [0.1, 0.15) is 0 Å². The molecule has 1 fully saturated rings. The van der Waals surface area contributed by atoms with Crippen LogP contribution in [0.2, 0.25) is 0 Å². The van der Waals surface area contributed by atoms with Crippen molar-refractivity contribution in [3.63, 3.8) is 0 Å². The molecule has 0 aromatic carbocycles. The minimum atomic E-state index is -0.0200. The van der Waals surface area contributed by atoms with E-state index in [1.165, 1.54) is 32.1 Å². The number of nitrogens with one attached hydrogen (secondary N) is 1. The van der Waals surface area contributed by atoms with Gasteiger partial charge in [0.05, 0.1) is 5.60 Å². The molecule has 1 N–H and O–H groups in total. The van der Waals surface area contributed by atoms with Crippen LogP contribution in [0.5, 0.6) is 0 Å². The van der Waals surface area contributed by atoms with E-state index in [1.807, 2.05) is 7.11 Å². The summed E-state index contributed by atoms with van der Waals surface area (Å²) in [5.41, 5.74) is 0.502. The largest absolute Gasteiger partial charge is 0.379 e. The van der Waals surface area contributed by atoms with Gasteiger partial charge in [-0.2, -0.15) is 0 Å². The standard InChI is InChI=1S/C18H37NO/c1-8-17(3,4)15-9-11-16(12-10-15)19-14(2)13-18(5,6)20-7/h14-16,19H,8-13H2,1-7H3. The summed E-state index contributed by atoms with van der Waals surface area (Å²) in [7, 11) is 1.81. The SMILES string of the molecule is CCC(C)(C)C1CCC(NC(C)CC(C)(C)OC)CC1. The first-order valence-corrected chi connectivity index (χ1v) is 8.51. The Labute approximate surface area is 127 Å². The summed E-state index contributed by atoms with van der Waals surface area (Å²) < 4.78 is 5.53. The lowest BCUT2D eigenvalue weighted by atomic mass is 9.69. The van der Waals surface area contributed by atoms with Gasteiger partial charge in [-0.3, -0.25) is 0 Å². The highest BCUT2D eigenvalue weighted by atomic mass is 16.5. The molecule has 120 valence electrons. The molecule has 0 heterocycles. The molecule has 0 saturated heterocycles. The summed E-state index contributed by atoms with van der Waals surface area (Å²) in [4.78, 5) is 0. The van der Waals surface area contributed by atoms with Crippen LogP contribution in [-0.2, 0) is 4.74 Å². The third-order valence-electron chi connectivity index (χ3n) is 5.61. The van der Waals surface area contributed by atoms with E-state index in [0.29, 0.717) is 17.5 Å². The van der Waals surface area contributed by atoms with Gasteiger partial charge in [0, 0.05) is 19.2 Å². The van der Waals surface area contributed by atoms with Gasteiger partial charge in [-0.15, -0.1) is 0 Å². The molecule has 0 aromatic rings. The molecule has 0 bridgehead atoms. The predicted molar refractivity (Wildman–Crippen MR) is 88.1 cm³/mol. The highest BCUT2D eigenvalue weighted by molar-refractivity contribution is 4.86. The lowest BCUT2D eigenvalue weighted by molar-refractivity contribution is 0.00674. The van der Waals surface area contributed by atoms with Crippen LogP contribution in [0.3, 0.4) is 0 Å². The maximum Gasteiger partial charge on any atom is 0.0637 e. The predicted octanol–water partition coefficient (Wildman–Crippen LogP) is 4.77. The zero-order valence-electron chi connectivity index (χ0n) is 14.9. The summed E-state index contributed by atoms with van der Waals surface area (Å²) in [6, 6.07) is 1.24. The van der Waals surface area contributed by atoms with Crippen LogP contribution < -0.4 is 5.32 Å². The van der Waals surface area contributed by atoms with Crippen molar-refractivity contribution in [2.75, 3.05) is 7.11 Å². The summed E-state index contributed by atoms with van der Waals surface area (Å²) in [5, 5.41) is 3.82. The van der Waals surface area contributed by atoms with Crippen LogP contribution in [0, 0.1) is 11.3 Å². The summed E-state index contributed by atoms with van der Waals surface area (Å²) in [6.07, 6.45) is 7.83. The monoisotopic (exact) mass is 283 g/mol. The fraction of sp³-hybridized carbons (Fsp3) is 1.00. The first-order valence-electron chi connectivity index (χ1n) is 8.51. The molecule has 1 aliphatic carbocycles. The Morgan fingerprint density at radius 2 is 1.65 bits per heavy atom. The van der Waals surface area contributed by atoms with E-state index in [4.69, 9.17) is 4.74 Å². The number of hydrogen-bond acceptors (Lipinski definition) is 2. The van der Waals surface area contributed by atoms with Crippen molar-refractivity contribution in [3.05, 3.63) is 0 Å². The van der Waals surface area contributed by atoms with Crippen molar-refractivity contribution < 1.29 is 4.74 Å². The topological polar surface area (TPSA) is 21.3 Å². The van der Waals surface area contributed by atoms with Crippen LogP contribution in [0.4, 0.5) is 0 Å². The molecule has 2 heteroatoms. The molecular weight excluding hydrogens is 246 g/mol. The van der Waals surface area contributed by atoms with Gasteiger partial charge >= 0.3 is 0 Å². The van der Waals surface area contributed by atoms with Crippen LogP contribution >= 0.6 is 0 Å². The molecule has 0 spiro atoms. The number of rotatable bonds is 7. The average molecular weight is 284 g/mol. The highest BCUT2D eigenvalue weighted by Crippen LogP contribution is 2.40. The fourth-order valence-electron chi connectivity index (χ4n) is 3.61. The Bertz CT molecular complexity index is 277. The maximum atomic E-state index is 5.53. The normalized spacial score (nSPS) is 26.6. The zero-order chi connectivity index (χ0) is 15.4. The first kappa shape index (κ1) is 18.0. The first-order chi connectivity index (χ1) is 9.20. The van der Waals surface area contributed by atoms with Gasteiger partial charge in [-0.1, -0.05) is 27.2 Å². The van der Waals surface area contributed by atoms with Crippen LogP contribution in [-0.4, -0.2) is 24.8 Å². The molecule has 2 nitrogen and oxygen atoms in total. The Balaban J connectivity index is 2.36. The second kappa shape index (κ2) is 7.26. The average Bonchev–Trinajstić information content (AvgIpc) is 2.38. The Kier molecular flexibility index (Phi) is 6.53. The fourth-order valence-corrected chi connectivity index (χ4v) is 3.61. The summed E-state index contributed by atoms with van der Waals surface area (Å²) in [6.45, 7) is 13.9. The molecule has 1 atom stereocenters. The lowest BCUT2D eigenvalue weighted by Crippen LogP contribution is -2.43. The Morgan fingerprint density at radius 3 is 2.10 bits per heavy atom. The maximum absolute atomic E-state index is 5.53. The van der Waals surface area contributed by atoms with E-state index in [-0.39, 0.29) is 5.60 Å². The van der Waals surface area contributed by atoms with Gasteiger partial charge in [-0.25, -0.2) is 0 Å². The molecular formula is C18H37NO. The van der Waals surface area contributed by atoms with Gasteiger partial charge < -0.3 is 10.1 Å². The smallest absolute Gasteiger partial charge is 0.0637 e. The van der Waals surface area contributed by atoms with Crippen LogP contribution in [0.1, 0.15) is 80.1 Å². The summed E-state index contributed by atoms with van der Waals surface area (Å²) in [5.74, 6) is 0.913. The molecule has 20 heavy (non-hydrogen) atoms. The van der Waals surface area contributed by atoms with Gasteiger partial charge in [0.25, 0.3) is 0 Å². The molecule has 0 amide bonds. The molecule has 0 aromatic heterocycles. The van der Waals surface area contributed by atoms with Gasteiger partial charge in [-0.05, 0) is 64.2 Å². The lowest BCUT2D eigenvalue weighted by Gasteiger charge is -2.40. The van der Waals surface area contributed by atoms with E-state index >= 15 is 0 Å². The molecule has 1 unspecified atom stereocenters. The minimum absolute atomic E-state index is 0.0200. The van der Waals surface area contributed by atoms with Gasteiger partial charge in [0.15, 0.2) is 0 Å². The van der Waals surface area contributed by atoms with E-state index in [2.05, 4.69) is 46.9 Å². The van der Waals surface area contributed by atoms with Crippen LogP contribution in [0.25, 0.3) is 0 Å². The molecule has 0 aliphatic heterocycles. The van der Waals surface area contributed by atoms with Crippen molar-refractivity contribution in [1.29, 1.82) is 0 Å². The third kappa shape index (κ3) is 5.37. The third-order valence-corrected chi connectivity index (χ3v) is 5.61. The second-order valence-corrected chi connectivity index (χ2v) is 8.13. The second-order valence-electron chi connectivity index (χ2n) is 8.13. The van der Waals surface area contributed by atoms with Gasteiger partial charge in [0.2, 0.25) is 0 Å². The van der Waals surface area contributed by atoms with Crippen molar-refractivity contribution >= 4 is 0 Å².